The molecule has 4 heteroatoms. The van der Waals surface area contributed by atoms with Crippen LogP contribution in [0.5, 0.6) is 0 Å². The molecule has 0 spiro atoms. The van der Waals surface area contributed by atoms with Crippen LogP contribution in [0, 0.1) is 0 Å². The number of rotatable bonds is 8. The normalized spacial score (nSPS) is 10.1. The third-order valence-electron chi connectivity index (χ3n) is 2.98. The van der Waals surface area contributed by atoms with Crippen LogP contribution in [0.2, 0.25) is 0 Å². The predicted octanol–water partition coefficient (Wildman–Crippen LogP) is 1.99. The summed E-state index contributed by atoms with van der Waals surface area (Å²) in [6.45, 7) is 5.68. The van der Waals surface area contributed by atoms with E-state index in [2.05, 4.69) is 5.32 Å². The van der Waals surface area contributed by atoms with Crippen LogP contribution >= 0.6 is 0 Å². The fraction of sp³-hybridized carbons (Fsp3) is 0.500. The van der Waals surface area contributed by atoms with E-state index in [0.29, 0.717) is 6.42 Å². The molecule has 0 aromatic heterocycles. The van der Waals surface area contributed by atoms with Crippen LogP contribution in [0.4, 0.5) is 0 Å². The third kappa shape index (κ3) is 5.87. The summed E-state index contributed by atoms with van der Waals surface area (Å²) in [7, 11) is 0. The second-order valence-corrected chi connectivity index (χ2v) is 4.82. The molecule has 0 heterocycles. The number of nitrogens with one attached hydrogen (secondary N) is 1. The average Bonchev–Trinajstić information content (AvgIpc) is 2.45. The van der Waals surface area contributed by atoms with E-state index in [-0.39, 0.29) is 18.4 Å². The summed E-state index contributed by atoms with van der Waals surface area (Å²) in [5.41, 5.74) is 0.955. The predicted molar refractivity (Wildman–Crippen MR) is 80.3 cm³/mol. The Kier molecular flexibility index (Phi) is 7.40. The molecule has 0 bridgehead atoms. The van der Waals surface area contributed by atoms with Crippen LogP contribution in [0.3, 0.4) is 0 Å². The monoisotopic (exact) mass is 276 g/mol. The highest BCUT2D eigenvalue weighted by Gasteiger charge is 2.12. The highest BCUT2D eigenvalue weighted by molar-refractivity contribution is 5.85. The second-order valence-electron chi connectivity index (χ2n) is 4.82. The number of nitrogens with zero attached hydrogens (tertiary/aromatic N) is 1. The fourth-order valence-corrected chi connectivity index (χ4v) is 2.03. The van der Waals surface area contributed by atoms with Crippen LogP contribution < -0.4 is 5.32 Å². The molecule has 0 saturated carbocycles. The van der Waals surface area contributed by atoms with Gasteiger partial charge in [0.05, 0.1) is 13.0 Å². The summed E-state index contributed by atoms with van der Waals surface area (Å²) >= 11 is 0. The minimum absolute atomic E-state index is 0.00453. The first kappa shape index (κ1) is 16.2. The van der Waals surface area contributed by atoms with Gasteiger partial charge >= 0.3 is 0 Å². The zero-order chi connectivity index (χ0) is 14.8. The number of benzene rings is 1. The smallest absolute Gasteiger partial charge is 0.241 e. The Labute approximate surface area is 121 Å². The topological polar surface area (TPSA) is 49.4 Å². The van der Waals surface area contributed by atoms with Crippen molar-refractivity contribution in [3.8, 4) is 0 Å². The number of amides is 2. The number of carbonyl (C=O) groups is 2. The molecule has 0 unspecified atom stereocenters. The van der Waals surface area contributed by atoms with Gasteiger partial charge in [0.15, 0.2) is 0 Å². The lowest BCUT2D eigenvalue weighted by atomic mass is 10.1. The molecule has 1 N–H and O–H groups in total. The lowest BCUT2D eigenvalue weighted by Gasteiger charge is -2.21. The van der Waals surface area contributed by atoms with E-state index in [1.165, 1.54) is 0 Å². The average molecular weight is 276 g/mol. The van der Waals surface area contributed by atoms with Gasteiger partial charge in [-0.05, 0) is 18.4 Å². The van der Waals surface area contributed by atoms with Crippen LogP contribution in [0.25, 0.3) is 0 Å². The van der Waals surface area contributed by atoms with Gasteiger partial charge in [-0.1, -0.05) is 44.2 Å². The minimum Gasteiger partial charge on any atom is -0.347 e. The van der Waals surface area contributed by atoms with Crippen molar-refractivity contribution < 1.29 is 9.59 Å². The summed E-state index contributed by atoms with van der Waals surface area (Å²) in [5, 5.41) is 2.70. The Morgan fingerprint density at radius 2 is 1.65 bits per heavy atom. The van der Waals surface area contributed by atoms with Crippen molar-refractivity contribution in [2.75, 3.05) is 19.6 Å². The molecule has 110 valence electrons. The fourth-order valence-electron chi connectivity index (χ4n) is 2.03. The van der Waals surface area contributed by atoms with E-state index in [0.717, 1.165) is 31.5 Å². The van der Waals surface area contributed by atoms with E-state index >= 15 is 0 Å². The van der Waals surface area contributed by atoms with Gasteiger partial charge < -0.3 is 10.2 Å². The molecule has 0 atom stereocenters. The standard InChI is InChI=1S/C16H24N2O2/c1-3-10-18(11-4-2)16(20)13-17-15(19)12-14-8-6-5-7-9-14/h5-9H,3-4,10-13H2,1-2H3,(H,17,19). The maximum absolute atomic E-state index is 12.0. The van der Waals surface area contributed by atoms with Crippen molar-refractivity contribution in [2.24, 2.45) is 0 Å². The third-order valence-corrected chi connectivity index (χ3v) is 2.98. The maximum Gasteiger partial charge on any atom is 0.241 e. The van der Waals surface area contributed by atoms with Crippen LogP contribution in [0.15, 0.2) is 30.3 Å². The molecule has 0 aliphatic rings. The van der Waals surface area contributed by atoms with Gasteiger partial charge in [-0.2, -0.15) is 0 Å². The molecule has 1 aromatic rings. The minimum atomic E-state index is -0.113. The summed E-state index contributed by atoms with van der Waals surface area (Å²) in [6.07, 6.45) is 2.18. The Hall–Kier alpha value is -1.84. The molecule has 1 rings (SSSR count). The van der Waals surface area contributed by atoms with Gasteiger partial charge in [0, 0.05) is 13.1 Å². The highest BCUT2D eigenvalue weighted by atomic mass is 16.2. The lowest BCUT2D eigenvalue weighted by Crippen LogP contribution is -2.41. The van der Waals surface area contributed by atoms with E-state index in [1.54, 1.807) is 0 Å². The van der Waals surface area contributed by atoms with Crippen molar-refractivity contribution in [1.82, 2.24) is 10.2 Å². The van der Waals surface area contributed by atoms with Crippen LogP contribution in [0.1, 0.15) is 32.3 Å². The molecular weight excluding hydrogens is 252 g/mol. The lowest BCUT2D eigenvalue weighted by molar-refractivity contribution is -0.132. The van der Waals surface area contributed by atoms with Crippen molar-refractivity contribution in [1.29, 1.82) is 0 Å². The van der Waals surface area contributed by atoms with Crippen molar-refractivity contribution in [2.45, 2.75) is 33.1 Å². The first-order chi connectivity index (χ1) is 9.67. The van der Waals surface area contributed by atoms with Gasteiger partial charge in [-0.25, -0.2) is 0 Å². The molecule has 0 fully saturated rings. The van der Waals surface area contributed by atoms with Crippen molar-refractivity contribution in [3.05, 3.63) is 35.9 Å². The molecule has 20 heavy (non-hydrogen) atoms. The first-order valence-electron chi connectivity index (χ1n) is 7.25. The summed E-state index contributed by atoms with van der Waals surface area (Å²) < 4.78 is 0. The summed E-state index contributed by atoms with van der Waals surface area (Å²) in [5.74, 6) is -0.118. The van der Waals surface area contributed by atoms with Gasteiger partial charge in [0.2, 0.25) is 11.8 Å². The van der Waals surface area contributed by atoms with Crippen molar-refractivity contribution >= 4 is 11.8 Å². The van der Waals surface area contributed by atoms with E-state index in [4.69, 9.17) is 0 Å². The largest absolute Gasteiger partial charge is 0.347 e. The van der Waals surface area contributed by atoms with E-state index in [1.807, 2.05) is 49.1 Å². The quantitative estimate of drug-likeness (QED) is 0.789. The first-order valence-corrected chi connectivity index (χ1v) is 7.25. The van der Waals surface area contributed by atoms with Gasteiger partial charge in [-0.15, -0.1) is 0 Å². The van der Waals surface area contributed by atoms with Gasteiger partial charge in [0.25, 0.3) is 0 Å². The van der Waals surface area contributed by atoms with Crippen molar-refractivity contribution in [3.63, 3.8) is 0 Å². The Morgan fingerprint density at radius 1 is 1.05 bits per heavy atom. The number of carbonyl (C=O) groups excluding carboxylic acids is 2. The zero-order valence-corrected chi connectivity index (χ0v) is 12.4. The summed E-state index contributed by atoms with van der Waals surface area (Å²) in [4.78, 5) is 25.6. The molecule has 0 aliphatic carbocycles. The molecule has 0 aliphatic heterocycles. The van der Waals surface area contributed by atoms with E-state index in [9.17, 15) is 9.59 Å². The Balaban J connectivity index is 2.37. The van der Waals surface area contributed by atoms with E-state index < -0.39 is 0 Å². The molecular formula is C16H24N2O2. The second kappa shape index (κ2) is 9.13. The number of hydrogen-bond acceptors (Lipinski definition) is 2. The summed E-state index contributed by atoms with van der Waals surface area (Å²) in [6, 6.07) is 9.53. The van der Waals surface area contributed by atoms with Crippen LogP contribution in [-0.4, -0.2) is 36.3 Å². The molecule has 0 radical (unpaired) electrons. The highest BCUT2D eigenvalue weighted by Crippen LogP contribution is 1.99. The molecule has 4 nitrogen and oxygen atoms in total. The van der Waals surface area contributed by atoms with Gasteiger partial charge in [0.1, 0.15) is 0 Å². The maximum atomic E-state index is 12.0. The molecule has 2 amide bonds. The molecule has 1 aromatic carbocycles. The Bertz CT molecular complexity index is 412. The SMILES string of the molecule is CCCN(CCC)C(=O)CNC(=O)Cc1ccccc1. The molecule has 0 saturated heterocycles. The number of hydrogen-bond donors (Lipinski definition) is 1. The van der Waals surface area contributed by atoms with Gasteiger partial charge in [-0.3, -0.25) is 9.59 Å². The van der Waals surface area contributed by atoms with Crippen LogP contribution in [-0.2, 0) is 16.0 Å². The zero-order valence-electron chi connectivity index (χ0n) is 12.4. The Morgan fingerprint density at radius 3 is 2.20 bits per heavy atom.